The van der Waals surface area contributed by atoms with Crippen LogP contribution in [0, 0.1) is 0 Å². The number of nitrogens with zero attached hydrogens (tertiary/aromatic N) is 1. The van der Waals surface area contributed by atoms with Crippen molar-refractivity contribution in [3.05, 3.63) is 96.1 Å². The molecule has 0 fully saturated rings. The second-order valence-electron chi connectivity index (χ2n) is 12.1. The molecule has 1 N–H and O–H groups in total. The number of hydrogen-bond acceptors (Lipinski definition) is 5. The Balaban J connectivity index is 1.70. The first-order valence-corrected chi connectivity index (χ1v) is 15.4. The minimum atomic E-state index is -2.94. The molecule has 3 aromatic carbocycles. The van der Waals surface area contributed by atoms with Crippen LogP contribution in [0.15, 0.2) is 84.9 Å². The summed E-state index contributed by atoms with van der Waals surface area (Å²) in [5, 5.41) is 4.77. The lowest BCUT2D eigenvalue weighted by atomic mass is 10.1. The van der Waals surface area contributed by atoms with Crippen LogP contribution in [-0.2, 0) is 9.16 Å². The Bertz CT molecular complexity index is 1290. The number of carbonyl (C=O) groups is 3. The number of rotatable bonds is 8. The SMILES string of the molecule is CC(C)(C)OC(=O)NC(CO[Si](c1ccccc1)(c1ccccc1)C(C)(C)C)CN1C(=O)c2ccccc2C1=O. The second kappa shape index (κ2) is 11.4. The molecular weight excluding hydrogens is 520 g/mol. The summed E-state index contributed by atoms with van der Waals surface area (Å²) in [5.41, 5.74) is -0.00365. The quantitative estimate of drug-likeness (QED) is 0.319. The van der Waals surface area contributed by atoms with E-state index in [2.05, 4.69) is 50.4 Å². The van der Waals surface area contributed by atoms with E-state index in [0.29, 0.717) is 11.1 Å². The van der Waals surface area contributed by atoms with Gasteiger partial charge in [0.25, 0.3) is 20.1 Å². The maximum atomic E-state index is 13.2. The highest BCUT2D eigenvalue weighted by Gasteiger charge is 2.50. The van der Waals surface area contributed by atoms with Crippen LogP contribution in [-0.4, -0.2) is 55.9 Å². The number of alkyl carbamates (subject to hydrolysis) is 1. The molecule has 8 heteroatoms. The van der Waals surface area contributed by atoms with E-state index in [1.54, 1.807) is 45.0 Å². The first kappa shape index (κ1) is 29.2. The highest BCUT2D eigenvalue weighted by Crippen LogP contribution is 2.37. The summed E-state index contributed by atoms with van der Waals surface area (Å²) >= 11 is 0. The predicted molar refractivity (Wildman–Crippen MR) is 159 cm³/mol. The molecule has 1 aliphatic heterocycles. The van der Waals surface area contributed by atoms with Crippen molar-refractivity contribution >= 4 is 36.6 Å². The van der Waals surface area contributed by atoms with Gasteiger partial charge in [0, 0.05) is 0 Å². The number of benzene rings is 3. The Labute approximate surface area is 237 Å². The topological polar surface area (TPSA) is 84.9 Å². The number of ether oxygens (including phenoxy) is 1. The van der Waals surface area contributed by atoms with Crippen LogP contribution >= 0.6 is 0 Å². The van der Waals surface area contributed by atoms with Crippen molar-refractivity contribution in [2.75, 3.05) is 13.2 Å². The lowest BCUT2D eigenvalue weighted by molar-refractivity contribution is 0.0442. The largest absolute Gasteiger partial charge is 0.444 e. The molecule has 1 atom stereocenters. The third-order valence-corrected chi connectivity index (χ3v) is 11.9. The van der Waals surface area contributed by atoms with Crippen LogP contribution in [0.25, 0.3) is 0 Å². The monoisotopic (exact) mass is 558 g/mol. The molecular formula is C32H38N2O5Si. The molecule has 0 aliphatic carbocycles. The van der Waals surface area contributed by atoms with E-state index < -0.39 is 26.1 Å². The summed E-state index contributed by atoms with van der Waals surface area (Å²) in [6.07, 6.45) is -0.639. The molecule has 0 aromatic heterocycles. The third kappa shape index (κ3) is 6.03. The summed E-state index contributed by atoms with van der Waals surface area (Å²) in [5.74, 6) is -0.774. The van der Waals surface area contributed by atoms with E-state index in [9.17, 15) is 14.4 Å². The van der Waals surface area contributed by atoms with Gasteiger partial charge < -0.3 is 14.5 Å². The van der Waals surface area contributed by atoms with Crippen LogP contribution in [0.4, 0.5) is 4.79 Å². The fraction of sp³-hybridized carbons (Fsp3) is 0.344. The van der Waals surface area contributed by atoms with Gasteiger partial charge in [0.05, 0.1) is 30.3 Å². The zero-order valence-corrected chi connectivity index (χ0v) is 25.1. The molecule has 7 nitrogen and oxygen atoms in total. The number of fused-ring (bicyclic) bond motifs is 1. The molecule has 1 heterocycles. The van der Waals surface area contributed by atoms with Gasteiger partial charge in [0.1, 0.15) is 5.60 Å². The predicted octanol–water partition coefficient (Wildman–Crippen LogP) is 4.75. The average Bonchev–Trinajstić information content (AvgIpc) is 3.13. The summed E-state index contributed by atoms with van der Waals surface area (Å²) in [6.45, 7) is 11.9. The molecule has 210 valence electrons. The number of imide groups is 1. The van der Waals surface area contributed by atoms with Crippen LogP contribution in [0.1, 0.15) is 62.3 Å². The number of amides is 3. The van der Waals surface area contributed by atoms with E-state index in [1.807, 2.05) is 36.4 Å². The van der Waals surface area contributed by atoms with Crippen LogP contribution in [0.5, 0.6) is 0 Å². The molecule has 1 aliphatic rings. The Morgan fingerprint density at radius 3 is 1.65 bits per heavy atom. The molecule has 3 amide bonds. The first-order valence-electron chi connectivity index (χ1n) is 13.5. The number of hydrogen-bond donors (Lipinski definition) is 1. The van der Waals surface area contributed by atoms with Crippen LogP contribution < -0.4 is 15.7 Å². The molecule has 3 aromatic rings. The van der Waals surface area contributed by atoms with Crippen molar-refractivity contribution in [2.45, 2.75) is 58.2 Å². The summed E-state index contributed by atoms with van der Waals surface area (Å²) < 4.78 is 12.6. The third-order valence-electron chi connectivity index (χ3n) is 6.92. The molecule has 0 saturated carbocycles. The fourth-order valence-electron chi connectivity index (χ4n) is 5.23. The first-order chi connectivity index (χ1) is 18.8. The molecule has 0 bridgehead atoms. The normalized spacial score (nSPS) is 14.6. The van der Waals surface area contributed by atoms with Crippen molar-refractivity contribution in [2.24, 2.45) is 0 Å². The molecule has 4 rings (SSSR count). The Morgan fingerprint density at radius 2 is 1.23 bits per heavy atom. The molecule has 0 radical (unpaired) electrons. The van der Waals surface area contributed by atoms with Gasteiger partial charge in [0.15, 0.2) is 0 Å². The van der Waals surface area contributed by atoms with E-state index in [-0.39, 0.29) is 30.0 Å². The Kier molecular flexibility index (Phi) is 8.32. The second-order valence-corrected chi connectivity index (χ2v) is 16.4. The van der Waals surface area contributed by atoms with Gasteiger partial charge in [-0.25, -0.2) is 4.79 Å². The maximum absolute atomic E-state index is 13.2. The van der Waals surface area contributed by atoms with E-state index in [4.69, 9.17) is 9.16 Å². The average molecular weight is 559 g/mol. The Hall–Kier alpha value is -3.75. The van der Waals surface area contributed by atoms with Crippen molar-refractivity contribution in [3.8, 4) is 0 Å². The van der Waals surface area contributed by atoms with Crippen LogP contribution in [0.3, 0.4) is 0 Å². The highest BCUT2D eigenvalue weighted by atomic mass is 28.4. The molecule has 0 spiro atoms. The lowest BCUT2D eigenvalue weighted by Crippen LogP contribution is -2.67. The molecule has 40 heavy (non-hydrogen) atoms. The van der Waals surface area contributed by atoms with E-state index in [1.165, 1.54) is 4.90 Å². The Morgan fingerprint density at radius 1 is 0.775 bits per heavy atom. The van der Waals surface area contributed by atoms with Gasteiger partial charge in [-0.15, -0.1) is 0 Å². The van der Waals surface area contributed by atoms with Crippen molar-refractivity contribution < 1.29 is 23.5 Å². The summed E-state index contributed by atoms with van der Waals surface area (Å²) in [6, 6.07) is 26.4. The minimum absolute atomic E-state index is 0.0518. The zero-order chi connectivity index (χ0) is 29.1. The van der Waals surface area contributed by atoms with Gasteiger partial charge in [-0.05, 0) is 48.3 Å². The zero-order valence-electron chi connectivity index (χ0n) is 24.1. The summed E-state index contributed by atoms with van der Waals surface area (Å²) in [7, 11) is -2.94. The molecule has 0 saturated heterocycles. The van der Waals surface area contributed by atoms with Crippen LogP contribution in [0.2, 0.25) is 5.04 Å². The van der Waals surface area contributed by atoms with E-state index in [0.717, 1.165) is 10.4 Å². The van der Waals surface area contributed by atoms with E-state index >= 15 is 0 Å². The van der Waals surface area contributed by atoms with Crippen molar-refractivity contribution in [1.82, 2.24) is 10.2 Å². The standard InChI is InChI=1S/C32H38N2O5Si/c1-31(2,3)39-30(37)33-23(21-34-28(35)26-19-13-14-20-27(26)29(34)36)22-38-40(32(4,5)6,24-15-9-7-10-16-24)25-17-11-8-12-18-25/h7-20,23H,21-22H2,1-6H3,(H,33,37). The lowest BCUT2D eigenvalue weighted by Gasteiger charge is -2.44. The number of nitrogens with one attached hydrogen (secondary N) is 1. The highest BCUT2D eigenvalue weighted by molar-refractivity contribution is 6.99. The van der Waals surface area contributed by atoms with Crippen molar-refractivity contribution in [1.29, 1.82) is 0 Å². The summed E-state index contributed by atoms with van der Waals surface area (Å²) in [4.78, 5) is 40.5. The van der Waals surface area contributed by atoms with Gasteiger partial charge in [-0.1, -0.05) is 93.6 Å². The van der Waals surface area contributed by atoms with Gasteiger partial charge in [0.2, 0.25) is 0 Å². The maximum Gasteiger partial charge on any atom is 0.408 e. The van der Waals surface area contributed by atoms with Gasteiger partial charge >= 0.3 is 6.09 Å². The smallest absolute Gasteiger partial charge is 0.408 e. The van der Waals surface area contributed by atoms with Crippen molar-refractivity contribution in [3.63, 3.8) is 0 Å². The fourth-order valence-corrected chi connectivity index (χ4v) is 9.83. The van der Waals surface area contributed by atoms with Gasteiger partial charge in [-0.2, -0.15) is 0 Å². The number of carbonyl (C=O) groups excluding carboxylic acids is 3. The van der Waals surface area contributed by atoms with Gasteiger partial charge in [-0.3, -0.25) is 14.5 Å². The minimum Gasteiger partial charge on any atom is -0.444 e. The molecule has 1 unspecified atom stereocenters.